The van der Waals surface area contributed by atoms with Crippen LogP contribution in [0.15, 0.2) is 24.3 Å². The number of methoxy groups -OCH3 is 1. The van der Waals surface area contributed by atoms with E-state index in [2.05, 4.69) is 36.4 Å². The van der Waals surface area contributed by atoms with Gasteiger partial charge in [0.15, 0.2) is 0 Å². The number of carbonyl (C=O) groups excluding carboxylic acids is 2. The third kappa shape index (κ3) is 12.5. The molecule has 11 heteroatoms. The Kier molecular flexibility index (Phi) is 19.6. The van der Waals surface area contributed by atoms with Gasteiger partial charge >= 0.3 is 0 Å². The lowest BCUT2D eigenvalue weighted by atomic mass is 9.78. The lowest BCUT2D eigenvalue weighted by Crippen LogP contribution is -2.55. The van der Waals surface area contributed by atoms with E-state index in [0.29, 0.717) is 37.5 Å². The van der Waals surface area contributed by atoms with Crippen molar-refractivity contribution >= 4 is 36.6 Å². The summed E-state index contributed by atoms with van der Waals surface area (Å²) in [7, 11) is 3.75. The Morgan fingerprint density at radius 3 is 2.40 bits per heavy atom. The van der Waals surface area contributed by atoms with Crippen LogP contribution >= 0.6 is 24.8 Å². The van der Waals surface area contributed by atoms with Gasteiger partial charge in [-0.2, -0.15) is 0 Å². The number of nitrogens with one attached hydrogen (secondary N) is 2. The molecule has 1 aliphatic rings. The first-order chi connectivity index (χ1) is 19.0. The van der Waals surface area contributed by atoms with Gasteiger partial charge in [-0.25, -0.2) is 0 Å². The summed E-state index contributed by atoms with van der Waals surface area (Å²) in [4.78, 5) is 28.4. The van der Waals surface area contributed by atoms with Gasteiger partial charge in [-0.15, -0.1) is 24.8 Å². The zero-order valence-corrected chi connectivity index (χ0v) is 28.0. The molecule has 0 spiro atoms. The van der Waals surface area contributed by atoms with Crippen molar-refractivity contribution in [1.29, 1.82) is 0 Å². The molecule has 1 aromatic rings. The minimum atomic E-state index is -0.881. The van der Waals surface area contributed by atoms with E-state index < -0.39 is 17.6 Å². The topological polar surface area (TPSA) is 126 Å². The summed E-state index contributed by atoms with van der Waals surface area (Å²) in [6, 6.07) is 6.88. The Labute approximate surface area is 265 Å². The maximum atomic E-state index is 13.1. The highest BCUT2D eigenvalue weighted by molar-refractivity contribution is 5.96. The molecule has 0 saturated carbocycles. The fourth-order valence-electron chi connectivity index (χ4n) is 5.44. The molecule has 1 fully saturated rings. The molecule has 244 valence electrons. The van der Waals surface area contributed by atoms with Crippen LogP contribution < -0.4 is 21.1 Å². The Morgan fingerprint density at radius 1 is 1.10 bits per heavy atom. The van der Waals surface area contributed by atoms with Gasteiger partial charge in [0, 0.05) is 38.9 Å². The summed E-state index contributed by atoms with van der Waals surface area (Å²) >= 11 is 0. The second kappa shape index (κ2) is 20.4. The van der Waals surface area contributed by atoms with Crippen LogP contribution in [0.1, 0.15) is 76.6 Å². The normalized spacial score (nSPS) is 17.8. The number of aliphatic hydroxyl groups excluding tert-OH is 1. The molecule has 2 rings (SSSR count). The van der Waals surface area contributed by atoms with Gasteiger partial charge in [0.25, 0.3) is 5.91 Å². The summed E-state index contributed by atoms with van der Waals surface area (Å²) in [5.74, 6) is 0.586. The molecule has 2 amide bonds. The van der Waals surface area contributed by atoms with Gasteiger partial charge in [0.2, 0.25) is 5.91 Å². The number of para-hydroxylation sites is 1. The molecule has 4 atom stereocenters. The first kappa shape index (κ1) is 40.4. The predicted octanol–water partition coefficient (Wildman–Crippen LogP) is 4.04. The van der Waals surface area contributed by atoms with E-state index in [-0.39, 0.29) is 61.1 Å². The highest BCUT2D eigenvalue weighted by Crippen LogP contribution is 2.31. The smallest absolute Gasteiger partial charge is 0.255 e. The van der Waals surface area contributed by atoms with E-state index in [1.807, 2.05) is 26.0 Å². The molecule has 0 bridgehead atoms. The second-order valence-electron chi connectivity index (χ2n) is 12.1. The van der Waals surface area contributed by atoms with Crippen LogP contribution in [0.5, 0.6) is 5.75 Å². The van der Waals surface area contributed by atoms with E-state index >= 15 is 0 Å². The molecule has 9 nitrogen and oxygen atoms in total. The van der Waals surface area contributed by atoms with E-state index in [9.17, 15) is 14.7 Å². The molecule has 1 aliphatic heterocycles. The molecular weight excluding hydrogens is 579 g/mol. The number of halogens is 2. The zero-order valence-electron chi connectivity index (χ0n) is 26.4. The van der Waals surface area contributed by atoms with Gasteiger partial charge < -0.3 is 35.8 Å². The summed E-state index contributed by atoms with van der Waals surface area (Å²) in [5.41, 5.74) is 6.33. The van der Waals surface area contributed by atoms with Crippen molar-refractivity contribution < 1.29 is 24.2 Å². The molecule has 42 heavy (non-hydrogen) atoms. The highest BCUT2D eigenvalue weighted by atomic mass is 35.5. The van der Waals surface area contributed by atoms with Crippen molar-refractivity contribution in [2.24, 2.45) is 23.0 Å². The molecule has 0 radical (unpaired) electrons. The van der Waals surface area contributed by atoms with Crippen LogP contribution in [0.25, 0.3) is 0 Å². The Hall–Kier alpha value is -1.62. The summed E-state index contributed by atoms with van der Waals surface area (Å²) in [5, 5.41) is 16.8. The number of likely N-dealkylation sites (tertiary alicyclic amines) is 1. The largest absolute Gasteiger partial charge is 0.493 e. The van der Waals surface area contributed by atoms with Gasteiger partial charge in [0.05, 0.1) is 23.7 Å². The maximum Gasteiger partial charge on any atom is 0.255 e. The number of amides is 2. The molecule has 0 aliphatic carbocycles. The maximum absolute atomic E-state index is 13.1. The third-order valence-corrected chi connectivity index (χ3v) is 8.33. The monoisotopic (exact) mass is 634 g/mol. The van der Waals surface area contributed by atoms with E-state index in [1.54, 1.807) is 19.2 Å². The lowest BCUT2D eigenvalue weighted by Gasteiger charge is -2.42. The SMILES string of the molecule is COCCCCOc1ccccc1C(=O)NC[C@@H](C[C@H](N)[C@@H](O)CNC(=O)C(C)(C)C1CCCCN1C)C(C)C.Cl.Cl. The van der Waals surface area contributed by atoms with Crippen LogP contribution in [0.3, 0.4) is 0 Å². The molecule has 0 aromatic heterocycles. The Bertz CT molecular complexity index is 921. The minimum Gasteiger partial charge on any atom is -0.493 e. The quantitative estimate of drug-likeness (QED) is 0.191. The molecule has 1 saturated heterocycles. The van der Waals surface area contributed by atoms with Crippen molar-refractivity contribution in [3.05, 3.63) is 29.8 Å². The molecule has 1 heterocycles. The van der Waals surface area contributed by atoms with E-state index in [0.717, 1.165) is 38.6 Å². The average molecular weight is 636 g/mol. The predicted molar refractivity (Wildman–Crippen MR) is 174 cm³/mol. The number of nitrogens with two attached hydrogens (primary N) is 1. The average Bonchev–Trinajstić information content (AvgIpc) is 2.93. The van der Waals surface area contributed by atoms with Crippen LogP contribution in [0.2, 0.25) is 0 Å². The number of carbonyl (C=O) groups is 2. The van der Waals surface area contributed by atoms with Crippen LogP contribution in [0.4, 0.5) is 0 Å². The number of ether oxygens (including phenoxy) is 2. The third-order valence-electron chi connectivity index (χ3n) is 8.33. The van der Waals surface area contributed by atoms with Gasteiger partial charge in [-0.1, -0.05) is 32.4 Å². The first-order valence-corrected chi connectivity index (χ1v) is 14.9. The van der Waals surface area contributed by atoms with Crippen LogP contribution in [0, 0.1) is 17.3 Å². The number of aliphatic hydroxyl groups is 1. The lowest BCUT2D eigenvalue weighted by molar-refractivity contribution is -0.134. The highest BCUT2D eigenvalue weighted by Gasteiger charge is 2.40. The number of benzene rings is 1. The summed E-state index contributed by atoms with van der Waals surface area (Å²) < 4.78 is 10.9. The van der Waals surface area contributed by atoms with Crippen molar-refractivity contribution in [2.75, 3.05) is 47.0 Å². The van der Waals surface area contributed by atoms with Crippen molar-refractivity contribution in [1.82, 2.24) is 15.5 Å². The number of hydrogen-bond acceptors (Lipinski definition) is 7. The zero-order chi connectivity index (χ0) is 29.7. The van der Waals surface area contributed by atoms with Gasteiger partial charge in [-0.05, 0) is 83.5 Å². The van der Waals surface area contributed by atoms with Gasteiger partial charge in [-0.3, -0.25) is 9.59 Å². The molecular formula is C31H56Cl2N4O5. The van der Waals surface area contributed by atoms with Crippen LogP contribution in [-0.4, -0.2) is 87.0 Å². The van der Waals surface area contributed by atoms with Crippen LogP contribution in [-0.2, 0) is 9.53 Å². The first-order valence-electron chi connectivity index (χ1n) is 14.9. The van der Waals surface area contributed by atoms with E-state index in [4.69, 9.17) is 15.2 Å². The Morgan fingerprint density at radius 2 is 1.76 bits per heavy atom. The van der Waals surface area contributed by atoms with E-state index in [1.165, 1.54) is 0 Å². The molecule has 5 N–H and O–H groups in total. The number of nitrogens with zero attached hydrogens (tertiary/aromatic N) is 1. The number of rotatable bonds is 17. The van der Waals surface area contributed by atoms with Crippen molar-refractivity contribution in [2.45, 2.75) is 84.4 Å². The fraction of sp³-hybridized carbons (Fsp3) is 0.742. The minimum absolute atomic E-state index is 0. The summed E-state index contributed by atoms with van der Waals surface area (Å²) in [6.45, 7) is 10.8. The molecule has 1 aromatic carbocycles. The summed E-state index contributed by atoms with van der Waals surface area (Å²) in [6.07, 6.45) is 4.65. The fourth-order valence-corrected chi connectivity index (χ4v) is 5.44. The second-order valence-corrected chi connectivity index (χ2v) is 12.1. The van der Waals surface area contributed by atoms with Crippen molar-refractivity contribution in [3.63, 3.8) is 0 Å². The van der Waals surface area contributed by atoms with Crippen molar-refractivity contribution in [3.8, 4) is 5.75 Å². The number of piperidine rings is 1. The van der Waals surface area contributed by atoms with Gasteiger partial charge in [0.1, 0.15) is 5.75 Å². The standard InChI is InChI=1S/C31H54N4O5.2ClH/c1-22(2)23(20-33-29(37)24-13-7-8-14-27(24)40-18-12-11-17-39-6)19-25(32)26(36)21-34-30(38)31(3,4)28-15-9-10-16-35(28)5;;/h7-8,13-14,22-23,25-26,28,36H,9-12,15-21,32H2,1-6H3,(H,33,37)(H,34,38);2*1H/t23-,25+,26+,28?;;/m1../s1. The molecule has 1 unspecified atom stereocenters. The number of unbranched alkanes of at least 4 members (excludes halogenated alkanes) is 1. The Balaban J connectivity index is 0.00000840. The number of hydrogen-bond donors (Lipinski definition) is 4.